The summed E-state index contributed by atoms with van der Waals surface area (Å²) in [5.41, 5.74) is 8.00. The Morgan fingerprint density at radius 2 is 1.79 bits per heavy atom. The van der Waals surface area contributed by atoms with Crippen LogP contribution in [0.25, 0.3) is 10.9 Å². The number of benzene rings is 2. The number of aldehydes is 1. The summed E-state index contributed by atoms with van der Waals surface area (Å²) in [5.74, 6) is 2.02. The number of likely N-dealkylation sites (N-methyl/N-ethyl adjacent to an activating group) is 1. The van der Waals surface area contributed by atoms with Crippen LogP contribution in [-0.2, 0) is 10.2 Å². The maximum Gasteiger partial charge on any atom is 0.227 e. The van der Waals surface area contributed by atoms with E-state index < -0.39 is 6.23 Å². The Hall–Kier alpha value is -3.43. The van der Waals surface area contributed by atoms with Crippen LogP contribution in [-0.4, -0.2) is 73.4 Å². The minimum absolute atomic E-state index is 0.195. The number of anilines is 2. The van der Waals surface area contributed by atoms with Crippen LogP contribution in [0.4, 0.5) is 11.8 Å². The molecule has 0 aliphatic carbocycles. The van der Waals surface area contributed by atoms with E-state index in [0.717, 1.165) is 12.8 Å². The van der Waals surface area contributed by atoms with Crippen LogP contribution in [0.5, 0.6) is 11.5 Å². The maximum absolute atomic E-state index is 11.1. The number of ether oxygens (including phenoxy) is 2. The number of nitrogens with zero attached hydrogens (tertiary/aromatic N) is 4. The first kappa shape index (κ1) is 23.7. The van der Waals surface area contributed by atoms with E-state index in [1.807, 2.05) is 30.1 Å². The number of aromatic nitrogens is 2. The Bertz CT molecular complexity index is 1150. The Morgan fingerprint density at radius 1 is 1.15 bits per heavy atom. The van der Waals surface area contributed by atoms with Crippen LogP contribution in [0.3, 0.4) is 0 Å². The van der Waals surface area contributed by atoms with Gasteiger partial charge >= 0.3 is 0 Å². The summed E-state index contributed by atoms with van der Waals surface area (Å²) in [6.07, 6.45) is 1.07. The summed E-state index contributed by atoms with van der Waals surface area (Å²) in [6, 6.07) is 13.9. The topological polar surface area (TPSA) is 114 Å². The third kappa shape index (κ3) is 4.49. The highest BCUT2D eigenvalue weighted by molar-refractivity contribution is 5.91. The highest BCUT2D eigenvalue weighted by atomic mass is 16.5. The van der Waals surface area contributed by atoms with Crippen LogP contribution in [0.2, 0.25) is 0 Å². The van der Waals surface area contributed by atoms with Crippen LogP contribution in [0, 0.1) is 0 Å². The number of nitrogen functional groups attached to an aromatic ring is 1. The number of hydrogen-bond donors (Lipinski definition) is 2. The molecule has 0 amide bonds. The van der Waals surface area contributed by atoms with E-state index in [0.29, 0.717) is 60.1 Å². The van der Waals surface area contributed by atoms with Crippen LogP contribution in [0.1, 0.15) is 18.4 Å². The minimum Gasteiger partial charge on any atom is -0.493 e. The highest BCUT2D eigenvalue weighted by Gasteiger charge is 2.39. The van der Waals surface area contributed by atoms with E-state index in [2.05, 4.69) is 17.1 Å². The lowest BCUT2D eigenvalue weighted by Crippen LogP contribution is -2.51. The summed E-state index contributed by atoms with van der Waals surface area (Å²) < 4.78 is 10.8. The Balaban J connectivity index is 1.67. The normalized spacial score (nSPS) is 16.7. The van der Waals surface area contributed by atoms with E-state index in [9.17, 15) is 9.90 Å². The van der Waals surface area contributed by atoms with Crippen molar-refractivity contribution in [3.05, 3.63) is 48.0 Å². The van der Waals surface area contributed by atoms with Gasteiger partial charge in [-0.15, -0.1) is 0 Å². The lowest BCUT2D eigenvalue weighted by molar-refractivity contribution is -0.125. The Morgan fingerprint density at radius 3 is 2.41 bits per heavy atom. The zero-order valence-electron chi connectivity index (χ0n) is 19.8. The van der Waals surface area contributed by atoms with Crippen LogP contribution < -0.4 is 20.1 Å². The Labute approximate surface area is 199 Å². The molecule has 0 bridgehead atoms. The third-order valence-corrected chi connectivity index (χ3v) is 6.74. The van der Waals surface area contributed by atoms with Crippen molar-refractivity contribution in [1.29, 1.82) is 0 Å². The van der Waals surface area contributed by atoms with Gasteiger partial charge in [0.2, 0.25) is 5.95 Å². The fraction of sp³-hybridized carbons (Fsp3) is 0.400. The van der Waals surface area contributed by atoms with Crippen molar-refractivity contribution in [2.24, 2.45) is 0 Å². The average molecular weight is 466 g/mol. The lowest BCUT2D eigenvalue weighted by atomic mass is 9.72. The molecule has 3 aromatic rings. The molecular formula is C25H31N5O4. The summed E-state index contributed by atoms with van der Waals surface area (Å²) in [4.78, 5) is 24.2. The van der Waals surface area contributed by atoms with Gasteiger partial charge in [0.1, 0.15) is 5.82 Å². The monoisotopic (exact) mass is 465 g/mol. The van der Waals surface area contributed by atoms with Crippen molar-refractivity contribution in [2.75, 3.05) is 51.5 Å². The number of nitrogens with two attached hydrogens (primary N) is 1. The smallest absolute Gasteiger partial charge is 0.227 e. The van der Waals surface area contributed by atoms with Crippen molar-refractivity contribution in [3.63, 3.8) is 0 Å². The van der Waals surface area contributed by atoms with Crippen LogP contribution >= 0.6 is 0 Å². The molecule has 9 nitrogen and oxygen atoms in total. The fourth-order valence-electron chi connectivity index (χ4n) is 4.79. The van der Waals surface area contributed by atoms with Gasteiger partial charge in [-0.1, -0.05) is 30.3 Å². The Kier molecular flexibility index (Phi) is 6.85. The number of aliphatic hydroxyl groups is 1. The summed E-state index contributed by atoms with van der Waals surface area (Å²) in [7, 11) is 5.11. The second kappa shape index (κ2) is 9.82. The third-order valence-electron chi connectivity index (χ3n) is 6.74. The molecule has 1 saturated heterocycles. The molecule has 1 aromatic heterocycles. The molecule has 1 fully saturated rings. The van der Waals surface area contributed by atoms with Gasteiger partial charge < -0.3 is 25.2 Å². The maximum atomic E-state index is 11.1. The number of piperidine rings is 1. The van der Waals surface area contributed by atoms with Gasteiger partial charge in [-0.25, -0.2) is 4.98 Å². The van der Waals surface area contributed by atoms with E-state index >= 15 is 0 Å². The molecule has 2 aromatic carbocycles. The standard InChI is InChI=1S/C25H31N5O4/c1-29(24-27-19-14-21(34-3)20(33-2)13-18(19)23(26)28-24)16-25(17-7-5-4-6-8-17)9-11-30(12-10-25)22(32)15-31/h4-8,13-15,22,32H,9-12,16H2,1-3H3,(H2,26,27,28). The molecule has 0 saturated carbocycles. The van der Waals surface area contributed by atoms with Gasteiger partial charge in [0.15, 0.2) is 24.0 Å². The summed E-state index contributed by atoms with van der Waals surface area (Å²) >= 11 is 0. The largest absolute Gasteiger partial charge is 0.493 e. The van der Waals surface area contributed by atoms with Crippen molar-refractivity contribution in [3.8, 4) is 11.5 Å². The zero-order chi connectivity index (χ0) is 24.3. The number of rotatable bonds is 8. The number of carbonyl (C=O) groups is 1. The fourth-order valence-corrected chi connectivity index (χ4v) is 4.79. The molecule has 1 aliphatic rings. The molecule has 0 radical (unpaired) electrons. The van der Waals surface area contributed by atoms with Gasteiger partial charge in [-0.2, -0.15) is 4.98 Å². The zero-order valence-corrected chi connectivity index (χ0v) is 19.8. The second-order valence-electron chi connectivity index (χ2n) is 8.72. The van der Waals surface area contributed by atoms with Gasteiger partial charge in [-0.3, -0.25) is 9.69 Å². The number of hydrogen-bond acceptors (Lipinski definition) is 9. The van der Waals surface area contributed by atoms with Crippen molar-refractivity contribution < 1.29 is 19.4 Å². The minimum atomic E-state index is -1.07. The average Bonchev–Trinajstić information content (AvgIpc) is 2.88. The molecule has 1 atom stereocenters. The predicted octanol–water partition coefficient (Wildman–Crippen LogP) is 2.22. The first-order valence-electron chi connectivity index (χ1n) is 11.2. The van der Waals surface area contributed by atoms with Crippen molar-refractivity contribution >= 4 is 29.0 Å². The van der Waals surface area contributed by atoms with E-state index in [1.54, 1.807) is 31.3 Å². The molecule has 4 rings (SSSR count). The highest BCUT2D eigenvalue weighted by Crippen LogP contribution is 2.38. The first-order valence-corrected chi connectivity index (χ1v) is 11.2. The lowest BCUT2D eigenvalue weighted by Gasteiger charge is -2.44. The number of fused-ring (bicyclic) bond motifs is 1. The SMILES string of the molecule is COc1cc2nc(N(C)CC3(c4ccccc4)CCN(C(O)C=O)CC3)nc(N)c2cc1OC. The molecule has 1 unspecified atom stereocenters. The van der Waals surface area contributed by atoms with E-state index in [4.69, 9.17) is 20.2 Å². The molecule has 1 aliphatic heterocycles. The molecule has 34 heavy (non-hydrogen) atoms. The van der Waals surface area contributed by atoms with Gasteiger partial charge in [-0.05, 0) is 24.5 Å². The summed E-state index contributed by atoms with van der Waals surface area (Å²) in [5, 5.41) is 10.7. The number of methoxy groups -OCH3 is 2. The van der Waals surface area contributed by atoms with Gasteiger partial charge in [0, 0.05) is 43.5 Å². The molecule has 3 N–H and O–H groups in total. The van der Waals surface area contributed by atoms with Crippen molar-refractivity contribution in [1.82, 2.24) is 14.9 Å². The molecule has 0 spiro atoms. The molecule has 2 heterocycles. The number of likely N-dealkylation sites (tertiary alicyclic amines) is 1. The number of carbonyl (C=O) groups excluding carboxylic acids is 1. The molecular weight excluding hydrogens is 434 g/mol. The van der Waals surface area contributed by atoms with Gasteiger partial charge in [0.25, 0.3) is 0 Å². The van der Waals surface area contributed by atoms with Crippen LogP contribution in [0.15, 0.2) is 42.5 Å². The second-order valence-corrected chi connectivity index (χ2v) is 8.72. The van der Waals surface area contributed by atoms with Crippen molar-refractivity contribution in [2.45, 2.75) is 24.5 Å². The number of aliphatic hydroxyl groups excluding tert-OH is 1. The molecule has 9 heteroatoms. The first-order chi connectivity index (χ1) is 16.4. The quantitative estimate of drug-likeness (QED) is 0.483. The van der Waals surface area contributed by atoms with E-state index in [1.165, 1.54) is 5.56 Å². The molecule has 180 valence electrons. The van der Waals surface area contributed by atoms with Gasteiger partial charge in [0.05, 0.1) is 19.7 Å². The summed E-state index contributed by atoms with van der Waals surface area (Å²) in [6.45, 7) is 1.88. The van der Waals surface area contributed by atoms with E-state index in [-0.39, 0.29) is 5.41 Å². The predicted molar refractivity (Wildman–Crippen MR) is 131 cm³/mol.